The van der Waals surface area contributed by atoms with Gasteiger partial charge in [0, 0.05) is 19.6 Å². The quantitative estimate of drug-likeness (QED) is 0.825. The van der Waals surface area contributed by atoms with Gasteiger partial charge >= 0.3 is 0 Å². The van der Waals surface area contributed by atoms with E-state index in [-0.39, 0.29) is 0 Å². The van der Waals surface area contributed by atoms with Gasteiger partial charge in [0.15, 0.2) is 0 Å². The zero-order valence-electron chi connectivity index (χ0n) is 11.9. The Balaban J connectivity index is 1.82. The maximum Gasteiger partial charge on any atom is 0.0230 e. The van der Waals surface area contributed by atoms with Crippen LogP contribution >= 0.6 is 0 Å². The van der Waals surface area contributed by atoms with Crippen LogP contribution in [0.5, 0.6) is 0 Å². The molecule has 1 aromatic rings. The standard InChI is InChI=1S/C15H25N3/c1-17(2)7-4-8-18(3)12-13-5-6-14-10-16-11-15(14)9-13/h5-6,9,16H,4,7-8,10-12H2,1-3H3. The molecule has 3 nitrogen and oxygen atoms in total. The fraction of sp³-hybridized carbons (Fsp3) is 0.600. The van der Waals surface area contributed by atoms with Crippen LogP contribution in [0.25, 0.3) is 0 Å². The highest BCUT2D eigenvalue weighted by molar-refractivity contribution is 5.34. The number of hydrogen-bond donors (Lipinski definition) is 1. The summed E-state index contributed by atoms with van der Waals surface area (Å²) in [7, 11) is 6.47. The van der Waals surface area contributed by atoms with Crippen molar-refractivity contribution in [1.29, 1.82) is 0 Å². The van der Waals surface area contributed by atoms with Crippen LogP contribution in [0.3, 0.4) is 0 Å². The van der Waals surface area contributed by atoms with Crippen LogP contribution < -0.4 is 5.32 Å². The first kappa shape index (κ1) is 13.5. The molecule has 0 saturated heterocycles. The van der Waals surface area contributed by atoms with Gasteiger partial charge in [-0.1, -0.05) is 18.2 Å². The molecular formula is C15H25N3. The molecule has 0 amide bonds. The van der Waals surface area contributed by atoms with Gasteiger partial charge in [0.1, 0.15) is 0 Å². The molecule has 0 aliphatic carbocycles. The van der Waals surface area contributed by atoms with Crippen molar-refractivity contribution in [3.63, 3.8) is 0 Å². The van der Waals surface area contributed by atoms with Crippen LogP contribution in [0, 0.1) is 0 Å². The van der Waals surface area contributed by atoms with Crippen molar-refractivity contribution < 1.29 is 0 Å². The molecule has 0 fully saturated rings. The lowest BCUT2D eigenvalue weighted by Crippen LogP contribution is -2.23. The van der Waals surface area contributed by atoms with E-state index < -0.39 is 0 Å². The van der Waals surface area contributed by atoms with E-state index in [2.05, 4.69) is 54.5 Å². The van der Waals surface area contributed by atoms with Crippen LogP contribution in [0.1, 0.15) is 23.1 Å². The van der Waals surface area contributed by atoms with E-state index in [1.54, 1.807) is 0 Å². The summed E-state index contributed by atoms with van der Waals surface area (Å²) in [4.78, 5) is 4.66. The van der Waals surface area contributed by atoms with Crippen LogP contribution in [-0.4, -0.2) is 44.0 Å². The van der Waals surface area contributed by atoms with Gasteiger partial charge in [-0.3, -0.25) is 0 Å². The average Bonchev–Trinajstić information content (AvgIpc) is 2.75. The Morgan fingerprint density at radius 1 is 1.06 bits per heavy atom. The topological polar surface area (TPSA) is 18.5 Å². The molecule has 1 aliphatic heterocycles. The molecule has 2 rings (SSSR count). The maximum atomic E-state index is 3.40. The molecule has 1 heterocycles. The highest BCUT2D eigenvalue weighted by atomic mass is 15.1. The lowest BCUT2D eigenvalue weighted by Gasteiger charge is -2.18. The van der Waals surface area contributed by atoms with E-state index in [0.717, 1.165) is 26.2 Å². The number of nitrogens with one attached hydrogen (secondary N) is 1. The molecule has 0 spiro atoms. The van der Waals surface area contributed by atoms with Gasteiger partial charge in [0.2, 0.25) is 0 Å². The molecule has 3 heteroatoms. The number of benzene rings is 1. The Morgan fingerprint density at radius 2 is 1.83 bits per heavy atom. The summed E-state index contributed by atoms with van der Waals surface area (Å²) >= 11 is 0. The van der Waals surface area contributed by atoms with Gasteiger partial charge in [0.25, 0.3) is 0 Å². The number of rotatable bonds is 6. The smallest absolute Gasteiger partial charge is 0.0230 e. The molecule has 0 unspecified atom stereocenters. The van der Waals surface area contributed by atoms with Crippen molar-refractivity contribution in [2.75, 3.05) is 34.2 Å². The van der Waals surface area contributed by atoms with Crippen LogP contribution in [0.2, 0.25) is 0 Å². The van der Waals surface area contributed by atoms with Crippen molar-refractivity contribution in [1.82, 2.24) is 15.1 Å². The molecule has 0 saturated carbocycles. The monoisotopic (exact) mass is 247 g/mol. The molecule has 0 radical (unpaired) electrons. The fourth-order valence-corrected chi connectivity index (χ4v) is 2.49. The minimum atomic E-state index is 1.04. The Bertz CT molecular complexity index is 387. The highest BCUT2D eigenvalue weighted by Gasteiger charge is 2.10. The molecule has 18 heavy (non-hydrogen) atoms. The van der Waals surface area contributed by atoms with Gasteiger partial charge < -0.3 is 15.1 Å². The first-order valence-electron chi connectivity index (χ1n) is 6.80. The summed E-state index contributed by atoms with van der Waals surface area (Å²) in [5.74, 6) is 0. The summed E-state index contributed by atoms with van der Waals surface area (Å²) in [6, 6.07) is 6.91. The first-order chi connectivity index (χ1) is 8.65. The van der Waals surface area contributed by atoms with E-state index in [0.29, 0.717) is 0 Å². The van der Waals surface area contributed by atoms with Crippen molar-refractivity contribution in [2.24, 2.45) is 0 Å². The second-order valence-corrected chi connectivity index (χ2v) is 5.60. The number of hydrogen-bond acceptors (Lipinski definition) is 3. The van der Waals surface area contributed by atoms with Crippen molar-refractivity contribution in [3.8, 4) is 0 Å². The van der Waals surface area contributed by atoms with Gasteiger partial charge in [-0.25, -0.2) is 0 Å². The minimum Gasteiger partial charge on any atom is -0.309 e. The van der Waals surface area contributed by atoms with E-state index in [1.165, 1.54) is 29.7 Å². The van der Waals surface area contributed by atoms with E-state index in [9.17, 15) is 0 Å². The normalized spacial score (nSPS) is 14.5. The lowest BCUT2D eigenvalue weighted by atomic mass is 10.1. The third-order valence-electron chi connectivity index (χ3n) is 3.50. The summed E-state index contributed by atoms with van der Waals surface area (Å²) in [5.41, 5.74) is 4.38. The molecule has 1 N–H and O–H groups in total. The number of nitrogens with zero attached hydrogens (tertiary/aromatic N) is 2. The Morgan fingerprint density at radius 3 is 2.61 bits per heavy atom. The maximum absolute atomic E-state index is 3.40. The molecule has 1 aliphatic rings. The summed E-state index contributed by atoms with van der Waals surface area (Å²) in [6.07, 6.45) is 1.23. The molecule has 0 aromatic heterocycles. The average molecular weight is 247 g/mol. The third-order valence-corrected chi connectivity index (χ3v) is 3.50. The predicted octanol–water partition coefficient (Wildman–Crippen LogP) is 1.67. The first-order valence-corrected chi connectivity index (χ1v) is 6.80. The summed E-state index contributed by atoms with van der Waals surface area (Å²) in [5, 5.41) is 3.40. The summed E-state index contributed by atoms with van der Waals surface area (Å²) in [6.45, 7) is 5.45. The molecule has 100 valence electrons. The largest absolute Gasteiger partial charge is 0.309 e. The molecular weight excluding hydrogens is 222 g/mol. The zero-order chi connectivity index (χ0) is 13.0. The van der Waals surface area contributed by atoms with Crippen molar-refractivity contribution in [3.05, 3.63) is 34.9 Å². The molecule has 1 aromatic carbocycles. The van der Waals surface area contributed by atoms with E-state index in [4.69, 9.17) is 0 Å². The van der Waals surface area contributed by atoms with E-state index >= 15 is 0 Å². The van der Waals surface area contributed by atoms with Gasteiger partial charge in [-0.05, 0) is 57.3 Å². The third kappa shape index (κ3) is 3.80. The van der Waals surface area contributed by atoms with Gasteiger partial charge in [0.05, 0.1) is 0 Å². The van der Waals surface area contributed by atoms with Crippen molar-refractivity contribution >= 4 is 0 Å². The van der Waals surface area contributed by atoms with Crippen LogP contribution in [-0.2, 0) is 19.6 Å². The Kier molecular flexibility index (Phi) is 4.75. The number of fused-ring (bicyclic) bond motifs is 1. The van der Waals surface area contributed by atoms with Gasteiger partial charge in [-0.15, -0.1) is 0 Å². The highest BCUT2D eigenvalue weighted by Crippen LogP contribution is 2.17. The molecule has 0 bridgehead atoms. The Hall–Kier alpha value is -0.900. The van der Waals surface area contributed by atoms with Crippen molar-refractivity contribution in [2.45, 2.75) is 26.1 Å². The van der Waals surface area contributed by atoms with Gasteiger partial charge in [-0.2, -0.15) is 0 Å². The SMILES string of the molecule is CN(C)CCCN(C)Cc1ccc2c(c1)CNC2. The molecule has 0 atom stereocenters. The van der Waals surface area contributed by atoms with E-state index in [1.807, 2.05) is 0 Å². The fourth-order valence-electron chi connectivity index (χ4n) is 2.49. The van der Waals surface area contributed by atoms with Crippen LogP contribution in [0.15, 0.2) is 18.2 Å². The lowest BCUT2D eigenvalue weighted by molar-refractivity contribution is 0.294. The second-order valence-electron chi connectivity index (χ2n) is 5.60. The van der Waals surface area contributed by atoms with Crippen LogP contribution in [0.4, 0.5) is 0 Å². The minimum absolute atomic E-state index is 1.04. The zero-order valence-corrected chi connectivity index (χ0v) is 11.9. The predicted molar refractivity (Wildman–Crippen MR) is 76.5 cm³/mol. The summed E-state index contributed by atoms with van der Waals surface area (Å²) < 4.78 is 0. The Labute approximate surface area is 111 Å². The second kappa shape index (κ2) is 6.32.